The van der Waals surface area contributed by atoms with Crippen LogP contribution >= 0.6 is 0 Å². The maximum absolute atomic E-state index is 11.9. The first-order valence-corrected chi connectivity index (χ1v) is 9.35. The standard InChI is InChI=1S/C20H28N4O/c1-16-23-18-10-5-6-11-19(18)24(16)15-7-13-21-20(25)22-14-12-17-8-3-2-4-9-17/h5-6,8,10-11H,2-4,7,9,12-15H2,1H3,(H2,21,22,25). The minimum Gasteiger partial charge on any atom is -0.338 e. The molecule has 0 fully saturated rings. The van der Waals surface area contributed by atoms with Gasteiger partial charge in [-0.2, -0.15) is 0 Å². The Morgan fingerprint density at radius 2 is 2.04 bits per heavy atom. The molecule has 0 unspecified atom stereocenters. The van der Waals surface area contributed by atoms with E-state index in [9.17, 15) is 4.79 Å². The highest BCUT2D eigenvalue weighted by molar-refractivity contribution is 5.76. The van der Waals surface area contributed by atoms with Gasteiger partial charge in [-0.15, -0.1) is 0 Å². The number of aryl methyl sites for hydroxylation is 2. The molecular weight excluding hydrogens is 312 g/mol. The Morgan fingerprint density at radius 1 is 1.20 bits per heavy atom. The summed E-state index contributed by atoms with van der Waals surface area (Å²) in [5.74, 6) is 1.02. The van der Waals surface area contributed by atoms with Crippen molar-refractivity contribution in [3.05, 3.63) is 41.7 Å². The van der Waals surface area contributed by atoms with E-state index in [1.807, 2.05) is 25.1 Å². The highest BCUT2D eigenvalue weighted by Crippen LogP contribution is 2.19. The molecule has 2 amide bonds. The fourth-order valence-electron chi connectivity index (χ4n) is 3.45. The molecular formula is C20H28N4O. The van der Waals surface area contributed by atoms with E-state index >= 15 is 0 Å². The molecule has 1 heterocycles. The zero-order valence-corrected chi connectivity index (χ0v) is 15.1. The number of fused-ring (bicyclic) bond motifs is 1. The first-order chi connectivity index (χ1) is 12.2. The zero-order chi connectivity index (χ0) is 17.5. The Kier molecular flexibility index (Phi) is 6.09. The third-order valence-corrected chi connectivity index (χ3v) is 4.81. The van der Waals surface area contributed by atoms with Crippen LogP contribution in [-0.4, -0.2) is 28.7 Å². The van der Waals surface area contributed by atoms with Gasteiger partial charge in [0.1, 0.15) is 5.82 Å². The number of para-hydroxylation sites is 2. The molecule has 0 atom stereocenters. The summed E-state index contributed by atoms with van der Waals surface area (Å²) in [6.07, 6.45) is 9.20. The lowest BCUT2D eigenvalue weighted by molar-refractivity contribution is 0.240. The number of hydrogen-bond donors (Lipinski definition) is 2. The SMILES string of the molecule is Cc1nc2ccccc2n1CCCNC(=O)NCCC1=CCCCC1. The van der Waals surface area contributed by atoms with Gasteiger partial charge < -0.3 is 15.2 Å². The van der Waals surface area contributed by atoms with Crippen molar-refractivity contribution in [1.82, 2.24) is 20.2 Å². The predicted octanol–water partition coefficient (Wildman–Crippen LogP) is 3.92. The van der Waals surface area contributed by atoms with Crippen molar-refractivity contribution in [2.75, 3.05) is 13.1 Å². The normalized spacial score (nSPS) is 14.4. The molecule has 2 N–H and O–H groups in total. The Morgan fingerprint density at radius 3 is 2.88 bits per heavy atom. The van der Waals surface area contributed by atoms with Crippen molar-refractivity contribution < 1.29 is 4.79 Å². The zero-order valence-electron chi connectivity index (χ0n) is 15.1. The van der Waals surface area contributed by atoms with E-state index in [1.165, 1.54) is 31.3 Å². The van der Waals surface area contributed by atoms with Crippen molar-refractivity contribution in [2.45, 2.75) is 52.0 Å². The van der Waals surface area contributed by atoms with E-state index in [2.05, 4.69) is 32.3 Å². The van der Waals surface area contributed by atoms with Crippen LogP contribution in [-0.2, 0) is 6.54 Å². The molecule has 2 aromatic rings. The number of benzene rings is 1. The first kappa shape index (κ1) is 17.5. The topological polar surface area (TPSA) is 59.0 Å². The summed E-state index contributed by atoms with van der Waals surface area (Å²) < 4.78 is 2.21. The molecule has 3 rings (SSSR count). The molecule has 1 aromatic carbocycles. The largest absolute Gasteiger partial charge is 0.338 e. The van der Waals surface area contributed by atoms with Crippen LogP contribution in [0.25, 0.3) is 11.0 Å². The predicted molar refractivity (Wildman–Crippen MR) is 102 cm³/mol. The van der Waals surface area contributed by atoms with Gasteiger partial charge in [-0.3, -0.25) is 0 Å². The highest BCUT2D eigenvalue weighted by atomic mass is 16.2. The third kappa shape index (κ3) is 4.84. The second-order valence-corrected chi connectivity index (χ2v) is 6.69. The van der Waals surface area contributed by atoms with Crippen LogP contribution in [0, 0.1) is 6.92 Å². The fraction of sp³-hybridized carbons (Fsp3) is 0.500. The number of nitrogens with one attached hydrogen (secondary N) is 2. The number of carbonyl (C=O) groups excluding carboxylic acids is 1. The molecule has 0 bridgehead atoms. The van der Waals surface area contributed by atoms with Gasteiger partial charge in [0.25, 0.3) is 0 Å². The number of allylic oxidation sites excluding steroid dienone is 1. The van der Waals surface area contributed by atoms with Gasteiger partial charge in [0.15, 0.2) is 0 Å². The van der Waals surface area contributed by atoms with Crippen LogP contribution in [0.1, 0.15) is 44.3 Å². The molecule has 0 saturated heterocycles. The number of amides is 2. The number of hydrogen-bond acceptors (Lipinski definition) is 2. The summed E-state index contributed by atoms with van der Waals surface area (Å²) in [5, 5.41) is 5.90. The van der Waals surface area contributed by atoms with Crippen LogP contribution in [0.5, 0.6) is 0 Å². The van der Waals surface area contributed by atoms with Gasteiger partial charge in [-0.25, -0.2) is 9.78 Å². The monoisotopic (exact) mass is 340 g/mol. The van der Waals surface area contributed by atoms with E-state index in [-0.39, 0.29) is 6.03 Å². The van der Waals surface area contributed by atoms with Gasteiger partial charge in [-0.05, 0) is 57.6 Å². The van der Waals surface area contributed by atoms with Crippen molar-refractivity contribution in [3.8, 4) is 0 Å². The average molecular weight is 340 g/mol. The summed E-state index contributed by atoms with van der Waals surface area (Å²) in [4.78, 5) is 16.4. The Labute approximate surface area is 149 Å². The number of carbonyl (C=O) groups is 1. The van der Waals surface area contributed by atoms with Gasteiger partial charge in [0.2, 0.25) is 0 Å². The molecule has 5 heteroatoms. The molecule has 1 aliphatic rings. The van der Waals surface area contributed by atoms with Crippen LogP contribution in [0.15, 0.2) is 35.9 Å². The molecule has 25 heavy (non-hydrogen) atoms. The Bertz CT molecular complexity index is 747. The summed E-state index contributed by atoms with van der Waals surface area (Å²) in [6.45, 7) is 4.28. The molecule has 0 spiro atoms. The van der Waals surface area contributed by atoms with Gasteiger partial charge in [-0.1, -0.05) is 23.8 Å². The van der Waals surface area contributed by atoms with E-state index < -0.39 is 0 Å². The first-order valence-electron chi connectivity index (χ1n) is 9.35. The number of rotatable bonds is 7. The van der Waals surface area contributed by atoms with Crippen molar-refractivity contribution in [2.24, 2.45) is 0 Å². The number of nitrogens with zero attached hydrogens (tertiary/aromatic N) is 2. The second-order valence-electron chi connectivity index (χ2n) is 6.69. The molecule has 134 valence electrons. The number of aromatic nitrogens is 2. The quantitative estimate of drug-likeness (QED) is 0.593. The lowest BCUT2D eigenvalue weighted by Gasteiger charge is -2.13. The summed E-state index contributed by atoms with van der Waals surface area (Å²) in [7, 11) is 0. The molecule has 0 saturated carbocycles. The number of imidazole rings is 1. The van der Waals surface area contributed by atoms with Gasteiger partial charge in [0.05, 0.1) is 11.0 Å². The Hall–Kier alpha value is -2.30. The number of urea groups is 1. The highest BCUT2D eigenvalue weighted by Gasteiger charge is 2.07. The smallest absolute Gasteiger partial charge is 0.314 e. The minimum absolute atomic E-state index is 0.0661. The van der Waals surface area contributed by atoms with E-state index in [1.54, 1.807) is 0 Å². The molecule has 1 aliphatic carbocycles. The van der Waals surface area contributed by atoms with E-state index in [4.69, 9.17) is 0 Å². The van der Waals surface area contributed by atoms with Crippen LogP contribution < -0.4 is 10.6 Å². The van der Waals surface area contributed by atoms with Crippen LogP contribution in [0.4, 0.5) is 4.79 Å². The lowest BCUT2D eigenvalue weighted by Crippen LogP contribution is -2.36. The Balaban J connectivity index is 1.35. The summed E-state index contributed by atoms with van der Waals surface area (Å²) >= 11 is 0. The molecule has 0 radical (unpaired) electrons. The summed E-state index contributed by atoms with van der Waals surface area (Å²) in [5.41, 5.74) is 3.68. The third-order valence-electron chi connectivity index (χ3n) is 4.81. The summed E-state index contributed by atoms with van der Waals surface area (Å²) in [6, 6.07) is 8.10. The van der Waals surface area contributed by atoms with E-state index in [0.717, 1.165) is 42.8 Å². The van der Waals surface area contributed by atoms with Crippen molar-refractivity contribution in [3.63, 3.8) is 0 Å². The van der Waals surface area contributed by atoms with Crippen LogP contribution in [0.2, 0.25) is 0 Å². The maximum atomic E-state index is 11.9. The lowest BCUT2D eigenvalue weighted by atomic mass is 9.97. The molecule has 1 aromatic heterocycles. The van der Waals surface area contributed by atoms with Gasteiger partial charge in [0, 0.05) is 19.6 Å². The van der Waals surface area contributed by atoms with Crippen molar-refractivity contribution >= 4 is 17.1 Å². The molecule has 5 nitrogen and oxygen atoms in total. The van der Waals surface area contributed by atoms with Crippen LogP contribution in [0.3, 0.4) is 0 Å². The maximum Gasteiger partial charge on any atom is 0.314 e. The van der Waals surface area contributed by atoms with Crippen molar-refractivity contribution in [1.29, 1.82) is 0 Å². The second kappa shape index (κ2) is 8.70. The minimum atomic E-state index is -0.0661. The molecule has 0 aliphatic heterocycles. The van der Waals surface area contributed by atoms with Gasteiger partial charge >= 0.3 is 6.03 Å². The van der Waals surface area contributed by atoms with E-state index in [0.29, 0.717) is 6.54 Å². The fourth-order valence-corrected chi connectivity index (χ4v) is 3.45. The average Bonchev–Trinajstić information content (AvgIpc) is 2.95.